The van der Waals surface area contributed by atoms with Gasteiger partial charge in [-0.3, -0.25) is 9.59 Å². The van der Waals surface area contributed by atoms with Crippen LogP contribution in [0.5, 0.6) is 0 Å². The second-order valence-corrected chi connectivity index (χ2v) is 8.33. The molecule has 0 saturated heterocycles. The normalized spacial score (nSPS) is 13.6. The van der Waals surface area contributed by atoms with Gasteiger partial charge in [-0.05, 0) is 47.5 Å². The fourth-order valence-corrected chi connectivity index (χ4v) is 1.79. The average Bonchev–Trinajstić information content (AvgIpc) is 2.46. The van der Waals surface area contributed by atoms with E-state index in [1.54, 1.807) is 0 Å². The molecule has 148 valence electrons. The Morgan fingerprint density at radius 1 is 1.00 bits per heavy atom. The Hall–Kier alpha value is -1.14. The summed E-state index contributed by atoms with van der Waals surface area (Å²) in [5.41, 5.74) is -0.608. The van der Waals surface area contributed by atoms with Crippen LogP contribution in [0.1, 0.15) is 68.2 Å². The number of carbonyl (C=O) groups is 2. The molecule has 0 heterocycles. The van der Waals surface area contributed by atoms with Gasteiger partial charge in [-0.25, -0.2) is 0 Å². The Bertz CT molecular complexity index is 413. The molecule has 1 amide bonds. The van der Waals surface area contributed by atoms with Gasteiger partial charge in [0.25, 0.3) is 0 Å². The zero-order chi connectivity index (χ0) is 19.7. The molecule has 6 nitrogen and oxygen atoms in total. The topological polar surface area (TPSA) is 73.9 Å². The van der Waals surface area contributed by atoms with E-state index in [9.17, 15) is 9.59 Å². The van der Waals surface area contributed by atoms with E-state index >= 15 is 0 Å². The third-order valence-electron chi connectivity index (χ3n) is 3.69. The molecule has 0 saturated carbocycles. The highest BCUT2D eigenvalue weighted by Gasteiger charge is 2.24. The Morgan fingerprint density at radius 3 is 2.12 bits per heavy atom. The van der Waals surface area contributed by atoms with Crippen molar-refractivity contribution in [1.29, 1.82) is 0 Å². The lowest BCUT2D eigenvalue weighted by molar-refractivity contribution is -0.172. The molecule has 0 aliphatic heterocycles. The Morgan fingerprint density at radius 2 is 1.60 bits per heavy atom. The molecule has 0 aliphatic carbocycles. The van der Waals surface area contributed by atoms with Gasteiger partial charge in [-0.1, -0.05) is 20.8 Å². The van der Waals surface area contributed by atoms with E-state index in [2.05, 4.69) is 5.32 Å². The van der Waals surface area contributed by atoms with Gasteiger partial charge in [0, 0.05) is 5.92 Å². The highest BCUT2D eigenvalue weighted by Crippen LogP contribution is 2.21. The van der Waals surface area contributed by atoms with Crippen molar-refractivity contribution in [2.24, 2.45) is 11.8 Å². The van der Waals surface area contributed by atoms with Gasteiger partial charge in [0.1, 0.15) is 13.4 Å². The molecule has 0 spiro atoms. The first-order chi connectivity index (χ1) is 11.3. The van der Waals surface area contributed by atoms with E-state index in [1.165, 1.54) is 0 Å². The lowest BCUT2D eigenvalue weighted by Gasteiger charge is -2.28. The number of amides is 1. The molecular formula is C19H37NO5. The van der Waals surface area contributed by atoms with Crippen LogP contribution in [0.25, 0.3) is 0 Å². The summed E-state index contributed by atoms with van der Waals surface area (Å²) in [6, 6.07) is 0. The van der Waals surface area contributed by atoms with E-state index in [0.29, 0.717) is 13.0 Å². The van der Waals surface area contributed by atoms with Crippen LogP contribution in [0.2, 0.25) is 0 Å². The second kappa shape index (κ2) is 10.8. The predicted octanol–water partition coefficient (Wildman–Crippen LogP) is 3.29. The van der Waals surface area contributed by atoms with Crippen LogP contribution in [0.3, 0.4) is 0 Å². The number of rotatable bonds is 11. The minimum absolute atomic E-state index is 0.0412. The van der Waals surface area contributed by atoms with Crippen LogP contribution in [0.4, 0.5) is 0 Å². The summed E-state index contributed by atoms with van der Waals surface area (Å²) >= 11 is 0. The second-order valence-electron chi connectivity index (χ2n) is 8.33. The number of esters is 1. The first-order valence-corrected chi connectivity index (χ1v) is 9.06. The van der Waals surface area contributed by atoms with E-state index in [1.807, 2.05) is 55.4 Å². The molecule has 0 aromatic rings. The molecular weight excluding hydrogens is 322 g/mol. The minimum atomic E-state index is -0.370. The van der Waals surface area contributed by atoms with E-state index in [0.717, 1.165) is 6.42 Å². The number of hydrogen-bond donors (Lipinski definition) is 1. The fourth-order valence-electron chi connectivity index (χ4n) is 1.79. The van der Waals surface area contributed by atoms with Crippen LogP contribution >= 0.6 is 0 Å². The number of hydrogen-bond acceptors (Lipinski definition) is 5. The Balaban J connectivity index is 4.00. The molecule has 0 radical (unpaired) electrons. The maximum Gasteiger partial charge on any atom is 0.308 e. The van der Waals surface area contributed by atoms with Crippen LogP contribution in [-0.4, -0.2) is 43.0 Å². The van der Waals surface area contributed by atoms with Crippen molar-refractivity contribution in [2.45, 2.75) is 79.4 Å². The summed E-state index contributed by atoms with van der Waals surface area (Å²) in [6.45, 7) is 16.1. The van der Waals surface area contributed by atoms with Gasteiger partial charge in [0.2, 0.25) is 5.91 Å². The molecule has 0 fully saturated rings. The Labute approximate surface area is 153 Å². The quantitative estimate of drug-likeness (QED) is 0.348. The molecule has 1 unspecified atom stereocenters. The van der Waals surface area contributed by atoms with E-state index < -0.39 is 0 Å². The number of ether oxygens (including phenoxy) is 3. The molecule has 25 heavy (non-hydrogen) atoms. The summed E-state index contributed by atoms with van der Waals surface area (Å²) in [7, 11) is 0. The Kier molecular flexibility index (Phi) is 10.3. The smallest absolute Gasteiger partial charge is 0.308 e. The van der Waals surface area contributed by atoms with Gasteiger partial charge in [0.05, 0.1) is 23.7 Å². The van der Waals surface area contributed by atoms with E-state index in [-0.39, 0.29) is 48.3 Å². The average molecular weight is 360 g/mol. The van der Waals surface area contributed by atoms with Crippen LogP contribution < -0.4 is 5.32 Å². The highest BCUT2D eigenvalue weighted by atomic mass is 16.7. The number of nitrogens with one attached hydrogen (secondary N) is 1. The molecule has 1 N–H and O–H groups in total. The van der Waals surface area contributed by atoms with Crippen LogP contribution in [-0.2, 0) is 23.8 Å². The van der Waals surface area contributed by atoms with Crippen molar-refractivity contribution in [3.8, 4) is 0 Å². The van der Waals surface area contributed by atoms with Crippen molar-refractivity contribution >= 4 is 11.9 Å². The maximum absolute atomic E-state index is 12.0. The molecule has 0 aromatic carbocycles. The molecule has 0 rings (SSSR count). The molecule has 0 bridgehead atoms. The van der Waals surface area contributed by atoms with E-state index in [4.69, 9.17) is 14.2 Å². The van der Waals surface area contributed by atoms with Crippen molar-refractivity contribution in [2.75, 3.05) is 19.9 Å². The maximum atomic E-state index is 12.0. The van der Waals surface area contributed by atoms with Crippen LogP contribution in [0.15, 0.2) is 0 Å². The first kappa shape index (κ1) is 23.9. The monoisotopic (exact) mass is 359 g/mol. The molecule has 0 aliphatic rings. The largest absolute Gasteiger partial charge is 0.464 e. The van der Waals surface area contributed by atoms with Gasteiger partial charge in [0.15, 0.2) is 0 Å². The van der Waals surface area contributed by atoms with Gasteiger partial charge < -0.3 is 19.5 Å². The molecule has 1 atom stereocenters. The standard InChI is InChI=1S/C19H37NO5/c1-14(2)16(21)20-11-12-23-17(22)15(3)9-10-19(7,8)25-13-24-18(4,5)6/h14-15H,9-13H2,1-8H3,(H,20,21). The fraction of sp³-hybridized carbons (Fsp3) is 0.895. The summed E-state index contributed by atoms with van der Waals surface area (Å²) in [5.74, 6) is -0.577. The first-order valence-electron chi connectivity index (χ1n) is 9.06. The third kappa shape index (κ3) is 12.8. The van der Waals surface area contributed by atoms with Gasteiger partial charge in [-0.2, -0.15) is 0 Å². The zero-order valence-electron chi connectivity index (χ0n) is 17.2. The van der Waals surface area contributed by atoms with Crippen molar-refractivity contribution in [1.82, 2.24) is 5.32 Å². The lowest BCUT2D eigenvalue weighted by Crippen LogP contribution is -2.32. The van der Waals surface area contributed by atoms with Gasteiger partial charge in [-0.15, -0.1) is 0 Å². The zero-order valence-corrected chi connectivity index (χ0v) is 17.2. The predicted molar refractivity (Wildman–Crippen MR) is 98.1 cm³/mol. The minimum Gasteiger partial charge on any atom is -0.464 e. The summed E-state index contributed by atoms with van der Waals surface area (Å²) in [5, 5.41) is 2.72. The van der Waals surface area contributed by atoms with Crippen molar-refractivity contribution in [3.05, 3.63) is 0 Å². The summed E-state index contributed by atoms with van der Waals surface area (Å²) in [6.07, 6.45) is 1.39. The highest BCUT2D eigenvalue weighted by molar-refractivity contribution is 5.77. The summed E-state index contributed by atoms with van der Waals surface area (Å²) < 4.78 is 16.5. The van der Waals surface area contributed by atoms with Crippen molar-refractivity contribution < 1.29 is 23.8 Å². The van der Waals surface area contributed by atoms with Crippen LogP contribution in [0, 0.1) is 11.8 Å². The number of carbonyl (C=O) groups excluding carboxylic acids is 2. The third-order valence-corrected chi connectivity index (χ3v) is 3.69. The lowest BCUT2D eigenvalue weighted by atomic mass is 9.96. The van der Waals surface area contributed by atoms with Crippen molar-refractivity contribution in [3.63, 3.8) is 0 Å². The summed E-state index contributed by atoms with van der Waals surface area (Å²) in [4.78, 5) is 23.4. The molecule has 0 aromatic heterocycles. The van der Waals surface area contributed by atoms with Gasteiger partial charge >= 0.3 is 5.97 Å². The SMILES string of the molecule is CC(C)C(=O)NCCOC(=O)C(C)CCC(C)(C)OCOC(C)(C)C. The molecule has 6 heteroatoms.